The number of nitrogens with two attached hydrogens (primary N) is 2. The van der Waals surface area contributed by atoms with Crippen LogP contribution in [0.1, 0.15) is 5.56 Å². The number of halogens is 1. The molecule has 0 spiro atoms. The number of nitrogens with zero attached hydrogens (tertiary/aromatic N) is 1. The Morgan fingerprint density at radius 1 is 1.04 bits per heavy atom. The largest absolute Gasteiger partial charge is 0.397 e. The predicted octanol–water partition coefficient (Wildman–Crippen LogP) is 2.73. The van der Waals surface area contributed by atoms with Crippen molar-refractivity contribution in [2.24, 2.45) is 5.14 Å². The average molecular weight is 363 g/mol. The molecule has 0 unspecified atom stereocenters. The van der Waals surface area contributed by atoms with Crippen molar-refractivity contribution in [3.8, 4) is 0 Å². The number of hydrogen-bond acceptors (Lipinski definition) is 5. The number of primary sulfonamides is 1. The van der Waals surface area contributed by atoms with Crippen LogP contribution >= 0.6 is 11.6 Å². The summed E-state index contributed by atoms with van der Waals surface area (Å²) in [5.41, 5.74) is 7.40. The normalized spacial score (nSPS) is 11.6. The Hall–Kier alpha value is -2.35. The molecule has 0 saturated carbocycles. The molecule has 1 aromatic heterocycles. The van der Waals surface area contributed by atoms with Gasteiger partial charge in [-0.2, -0.15) is 0 Å². The van der Waals surface area contributed by atoms with Crippen molar-refractivity contribution in [3.05, 3.63) is 59.2 Å². The van der Waals surface area contributed by atoms with Crippen LogP contribution in [0.15, 0.2) is 53.6 Å². The number of hydrogen-bond donors (Lipinski definition) is 3. The number of rotatable bonds is 4. The van der Waals surface area contributed by atoms with Crippen molar-refractivity contribution in [3.63, 3.8) is 0 Å². The minimum atomic E-state index is -3.68. The highest BCUT2D eigenvalue weighted by molar-refractivity contribution is 7.89. The molecule has 124 valence electrons. The Kier molecular flexibility index (Phi) is 4.31. The first-order valence-electron chi connectivity index (χ1n) is 7.04. The molecule has 0 bridgehead atoms. The quantitative estimate of drug-likeness (QED) is 0.618. The monoisotopic (exact) mass is 362 g/mol. The SMILES string of the molecule is Nc1c(Cl)ccc2c(NCc3ccc(S(N)(=O)=O)cc3)nccc12. The molecule has 8 heteroatoms. The van der Waals surface area contributed by atoms with Gasteiger partial charge in [0, 0.05) is 23.5 Å². The van der Waals surface area contributed by atoms with Gasteiger partial charge in [-0.3, -0.25) is 0 Å². The fourth-order valence-electron chi connectivity index (χ4n) is 2.38. The van der Waals surface area contributed by atoms with E-state index in [0.29, 0.717) is 23.1 Å². The van der Waals surface area contributed by atoms with Crippen LogP contribution in [0.4, 0.5) is 11.5 Å². The maximum atomic E-state index is 11.3. The predicted molar refractivity (Wildman–Crippen MR) is 96.3 cm³/mol. The number of nitrogens with one attached hydrogen (secondary N) is 1. The lowest BCUT2D eigenvalue weighted by molar-refractivity contribution is 0.598. The van der Waals surface area contributed by atoms with Crippen LogP contribution in [0, 0.1) is 0 Å². The lowest BCUT2D eigenvalue weighted by Gasteiger charge is -2.11. The van der Waals surface area contributed by atoms with Crippen LogP contribution in [-0.2, 0) is 16.6 Å². The van der Waals surface area contributed by atoms with Gasteiger partial charge in [-0.15, -0.1) is 0 Å². The van der Waals surface area contributed by atoms with E-state index < -0.39 is 10.0 Å². The van der Waals surface area contributed by atoms with Crippen LogP contribution in [0.25, 0.3) is 10.8 Å². The highest BCUT2D eigenvalue weighted by Crippen LogP contribution is 2.31. The Morgan fingerprint density at radius 2 is 1.75 bits per heavy atom. The maximum Gasteiger partial charge on any atom is 0.238 e. The lowest BCUT2D eigenvalue weighted by atomic mass is 10.1. The van der Waals surface area contributed by atoms with Crippen LogP contribution in [0.2, 0.25) is 5.02 Å². The third kappa shape index (κ3) is 3.28. The van der Waals surface area contributed by atoms with Crippen LogP contribution in [-0.4, -0.2) is 13.4 Å². The molecule has 0 amide bonds. The number of nitrogen functional groups attached to an aromatic ring is 1. The summed E-state index contributed by atoms with van der Waals surface area (Å²) in [6.07, 6.45) is 1.65. The van der Waals surface area contributed by atoms with Gasteiger partial charge in [0.2, 0.25) is 10.0 Å². The molecule has 0 saturated heterocycles. The van der Waals surface area contributed by atoms with Gasteiger partial charge in [0.05, 0.1) is 15.6 Å². The second kappa shape index (κ2) is 6.27. The highest BCUT2D eigenvalue weighted by Gasteiger charge is 2.09. The molecule has 0 radical (unpaired) electrons. The summed E-state index contributed by atoms with van der Waals surface area (Å²) in [6.45, 7) is 0.472. The molecule has 0 aliphatic rings. The van der Waals surface area contributed by atoms with E-state index in [1.165, 1.54) is 12.1 Å². The van der Waals surface area contributed by atoms with Crippen molar-refractivity contribution < 1.29 is 8.42 Å². The number of sulfonamides is 1. The van der Waals surface area contributed by atoms with Gasteiger partial charge in [0.1, 0.15) is 5.82 Å². The zero-order valence-electron chi connectivity index (χ0n) is 12.5. The first-order valence-corrected chi connectivity index (χ1v) is 8.97. The fraction of sp³-hybridized carbons (Fsp3) is 0.0625. The molecule has 0 atom stereocenters. The van der Waals surface area contributed by atoms with Gasteiger partial charge in [0.15, 0.2) is 0 Å². The zero-order chi connectivity index (χ0) is 17.3. The van der Waals surface area contributed by atoms with Gasteiger partial charge in [-0.05, 0) is 35.9 Å². The lowest BCUT2D eigenvalue weighted by Crippen LogP contribution is -2.12. The van der Waals surface area contributed by atoms with E-state index >= 15 is 0 Å². The highest BCUT2D eigenvalue weighted by atomic mass is 35.5. The third-order valence-electron chi connectivity index (χ3n) is 3.65. The Bertz CT molecular complexity index is 1000. The first-order chi connectivity index (χ1) is 11.4. The minimum Gasteiger partial charge on any atom is -0.397 e. The van der Waals surface area contributed by atoms with E-state index in [-0.39, 0.29) is 4.90 Å². The van der Waals surface area contributed by atoms with Crippen molar-refractivity contribution in [1.29, 1.82) is 0 Å². The minimum absolute atomic E-state index is 0.0805. The maximum absolute atomic E-state index is 11.3. The van der Waals surface area contributed by atoms with Gasteiger partial charge in [0.25, 0.3) is 0 Å². The summed E-state index contributed by atoms with van der Waals surface area (Å²) in [4.78, 5) is 4.40. The van der Waals surface area contributed by atoms with E-state index in [0.717, 1.165) is 16.3 Å². The Morgan fingerprint density at radius 3 is 2.42 bits per heavy atom. The molecule has 3 aromatic rings. The standard InChI is InChI=1S/C16H15ClN4O2S/c17-14-6-5-13-12(15(14)18)7-8-20-16(13)21-9-10-1-3-11(4-2-10)24(19,22)23/h1-8H,9,18H2,(H,20,21)(H2,19,22,23). The summed E-state index contributed by atoms with van der Waals surface area (Å²) >= 11 is 6.04. The summed E-state index contributed by atoms with van der Waals surface area (Å²) in [6, 6.07) is 11.7. The van der Waals surface area contributed by atoms with E-state index in [4.69, 9.17) is 22.5 Å². The van der Waals surface area contributed by atoms with E-state index in [1.807, 2.05) is 12.1 Å². The van der Waals surface area contributed by atoms with Gasteiger partial charge >= 0.3 is 0 Å². The molecule has 0 aliphatic heterocycles. The van der Waals surface area contributed by atoms with Crippen LogP contribution < -0.4 is 16.2 Å². The number of aromatic nitrogens is 1. The number of pyridine rings is 1. The summed E-state index contributed by atoms with van der Waals surface area (Å²) in [5.74, 6) is 0.673. The van der Waals surface area contributed by atoms with Crippen LogP contribution in [0.5, 0.6) is 0 Å². The van der Waals surface area contributed by atoms with Crippen LogP contribution in [0.3, 0.4) is 0 Å². The molecule has 6 nitrogen and oxygen atoms in total. The molecule has 0 aliphatic carbocycles. The summed E-state index contributed by atoms with van der Waals surface area (Å²) in [5, 5.41) is 10.5. The summed E-state index contributed by atoms with van der Waals surface area (Å²) < 4.78 is 22.5. The van der Waals surface area contributed by atoms with Gasteiger partial charge in [-0.1, -0.05) is 23.7 Å². The number of fused-ring (bicyclic) bond motifs is 1. The molecule has 24 heavy (non-hydrogen) atoms. The molecule has 0 fully saturated rings. The van der Waals surface area contributed by atoms with Gasteiger partial charge < -0.3 is 11.1 Å². The molecule has 3 rings (SSSR count). The molecule has 1 heterocycles. The smallest absolute Gasteiger partial charge is 0.238 e. The Labute approximate surface area is 144 Å². The van der Waals surface area contributed by atoms with Crippen molar-refractivity contribution in [2.75, 3.05) is 11.1 Å². The third-order valence-corrected chi connectivity index (χ3v) is 4.90. The number of anilines is 2. The topological polar surface area (TPSA) is 111 Å². The average Bonchev–Trinajstić information content (AvgIpc) is 2.56. The molecular formula is C16H15ClN4O2S. The van der Waals surface area contributed by atoms with Gasteiger partial charge in [-0.25, -0.2) is 18.5 Å². The first kappa shape index (κ1) is 16.5. The zero-order valence-corrected chi connectivity index (χ0v) is 14.1. The van der Waals surface area contributed by atoms with Crippen molar-refractivity contribution in [2.45, 2.75) is 11.4 Å². The van der Waals surface area contributed by atoms with E-state index in [2.05, 4.69) is 10.3 Å². The molecule has 5 N–H and O–H groups in total. The second-order valence-electron chi connectivity index (χ2n) is 5.26. The van der Waals surface area contributed by atoms with Crippen molar-refractivity contribution >= 4 is 43.9 Å². The Balaban J connectivity index is 1.85. The van der Waals surface area contributed by atoms with E-state index in [9.17, 15) is 8.42 Å². The summed E-state index contributed by atoms with van der Waals surface area (Å²) in [7, 11) is -3.68. The van der Waals surface area contributed by atoms with E-state index in [1.54, 1.807) is 24.4 Å². The molecular weight excluding hydrogens is 348 g/mol. The number of benzene rings is 2. The molecule has 2 aromatic carbocycles. The second-order valence-corrected chi connectivity index (χ2v) is 7.23. The van der Waals surface area contributed by atoms with Crippen molar-refractivity contribution in [1.82, 2.24) is 4.98 Å². The fourth-order valence-corrected chi connectivity index (χ4v) is 3.06.